The first-order chi connectivity index (χ1) is 8.13. The highest BCUT2D eigenvalue weighted by Gasteiger charge is 2.03. The van der Waals surface area contributed by atoms with E-state index in [-0.39, 0.29) is 13.2 Å². The summed E-state index contributed by atoms with van der Waals surface area (Å²) in [4.78, 5) is 1.99. The number of benzene rings is 1. The molecule has 0 aliphatic carbocycles. The third kappa shape index (κ3) is 6.51. The van der Waals surface area contributed by atoms with E-state index < -0.39 is 6.10 Å². The molecule has 0 bridgehead atoms. The first-order valence-corrected chi connectivity index (χ1v) is 6.79. The number of halogens is 1. The van der Waals surface area contributed by atoms with Crippen molar-refractivity contribution in [3.8, 4) is 5.75 Å². The van der Waals surface area contributed by atoms with Crippen molar-refractivity contribution in [1.82, 2.24) is 0 Å². The maximum atomic E-state index is 9.08. The van der Waals surface area contributed by atoms with E-state index in [1.807, 2.05) is 49.1 Å². The molecule has 1 aromatic rings. The molecule has 0 aliphatic heterocycles. The fraction of sp³-hybridized carbons (Fsp3) is 0.500. The molecule has 0 spiro atoms. The molecule has 0 saturated heterocycles. The molecule has 0 radical (unpaired) electrons. The van der Waals surface area contributed by atoms with Crippen molar-refractivity contribution < 1.29 is 14.9 Å². The summed E-state index contributed by atoms with van der Waals surface area (Å²) in [7, 11) is 3.93. The van der Waals surface area contributed by atoms with Crippen LogP contribution in [0.2, 0.25) is 0 Å². The van der Waals surface area contributed by atoms with Crippen LogP contribution in [-0.4, -0.2) is 49.5 Å². The molecule has 0 fully saturated rings. The molecule has 1 aromatic carbocycles. The second kappa shape index (κ2) is 9.27. The van der Waals surface area contributed by atoms with E-state index in [1.165, 1.54) is 0 Å². The van der Waals surface area contributed by atoms with E-state index in [9.17, 15) is 0 Å². The number of aliphatic hydroxyl groups excluding tert-OH is 2. The molecule has 0 amide bonds. The van der Waals surface area contributed by atoms with Crippen LogP contribution < -0.4 is 9.64 Å². The fourth-order valence-corrected chi connectivity index (χ4v) is 1.09. The van der Waals surface area contributed by atoms with E-state index in [4.69, 9.17) is 14.9 Å². The van der Waals surface area contributed by atoms with Gasteiger partial charge in [-0.1, -0.05) is 15.9 Å². The zero-order valence-corrected chi connectivity index (χ0v) is 12.0. The maximum Gasteiger partial charge on any atom is 0.119 e. The van der Waals surface area contributed by atoms with E-state index in [0.717, 1.165) is 5.69 Å². The quantitative estimate of drug-likeness (QED) is 0.810. The Kier molecular flexibility index (Phi) is 8.85. The number of nitrogens with zero attached hydrogens (tertiary/aromatic N) is 1. The lowest BCUT2D eigenvalue weighted by Crippen LogP contribution is -2.21. The molecule has 0 saturated carbocycles. The Labute approximate surface area is 111 Å². The predicted octanol–water partition coefficient (Wildman–Crippen LogP) is 1.50. The lowest BCUT2D eigenvalue weighted by atomic mass is 10.3. The van der Waals surface area contributed by atoms with Gasteiger partial charge < -0.3 is 19.8 Å². The average molecular weight is 306 g/mol. The molecule has 2 N–H and O–H groups in total. The number of aliphatic hydroxyl groups is 2. The van der Waals surface area contributed by atoms with Crippen LogP contribution in [0.4, 0.5) is 5.69 Å². The molecule has 0 aliphatic rings. The number of anilines is 1. The van der Waals surface area contributed by atoms with E-state index in [1.54, 1.807) is 0 Å². The van der Waals surface area contributed by atoms with Crippen molar-refractivity contribution in [2.24, 2.45) is 0 Å². The Bertz CT molecular complexity index is 290. The summed E-state index contributed by atoms with van der Waals surface area (Å²) < 4.78 is 5.26. The van der Waals surface area contributed by atoms with Crippen molar-refractivity contribution in [3.63, 3.8) is 0 Å². The van der Waals surface area contributed by atoms with Gasteiger partial charge in [-0.3, -0.25) is 0 Å². The number of rotatable bonds is 5. The monoisotopic (exact) mass is 305 g/mol. The van der Waals surface area contributed by atoms with Crippen LogP contribution in [0.5, 0.6) is 5.75 Å². The van der Waals surface area contributed by atoms with Crippen LogP contribution in [-0.2, 0) is 0 Å². The van der Waals surface area contributed by atoms with Gasteiger partial charge in [0.25, 0.3) is 0 Å². The number of hydrogen-bond acceptors (Lipinski definition) is 4. The first-order valence-electron chi connectivity index (χ1n) is 5.20. The second-order valence-corrected chi connectivity index (χ2v) is 3.54. The summed E-state index contributed by atoms with van der Waals surface area (Å²) in [5.41, 5.74) is 1.09. The van der Waals surface area contributed by atoms with Gasteiger partial charge in [0.15, 0.2) is 0 Å². The Morgan fingerprint density at radius 1 is 1.24 bits per heavy atom. The molecule has 0 aromatic heterocycles. The molecule has 4 nitrogen and oxygen atoms in total. The van der Waals surface area contributed by atoms with Gasteiger partial charge in [-0.25, -0.2) is 0 Å². The van der Waals surface area contributed by atoms with Crippen LogP contribution in [0.25, 0.3) is 0 Å². The zero-order chi connectivity index (χ0) is 13.3. The highest BCUT2D eigenvalue weighted by Crippen LogP contribution is 2.17. The third-order valence-electron chi connectivity index (χ3n) is 2.01. The van der Waals surface area contributed by atoms with Gasteiger partial charge in [-0.15, -0.1) is 0 Å². The molecule has 17 heavy (non-hydrogen) atoms. The van der Waals surface area contributed by atoms with E-state index in [2.05, 4.69) is 15.9 Å². The summed E-state index contributed by atoms with van der Waals surface area (Å²) in [6.07, 6.45) is -0.821. The molecule has 98 valence electrons. The van der Waals surface area contributed by atoms with Gasteiger partial charge in [0.2, 0.25) is 0 Å². The van der Waals surface area contributed by atoms with E-state index in [0.29, 0.717) is 5.75 Å². The standard InChI is InChI=1S/C11H17NO3.CH3Br/c1-12(2)9-3-5-11(6-4-9)15-8-10(14)7-13;1-2/h3-6,10,13-14H,7-8H2,1-2H3;1H3. The van der Waals surface area contributed by atoms with Gasteiger partial charge >= 0.3 is 0 Å². The van der Waals surface area contributed by atoms with Crippen molar-refractivity contribution in [1.29, 1.82) is 0 Å². The Hall–Kier alpha value is -0.780. The molecular weight excluding hydrogens is 286 g/mol. The van der Waals surface area contributed by atoms with Gasteiger partial charge in [0.1, 0.15) is 18.5 Å². The highest BCUT2D eigenvalue weighted by molar-refractivity contribution is 9.08. The summed E-state index contributed by atoms with van der Waals surface area (Å²) >= 11 is 2.94. The smallest absolute Gasteiger partial charge is 0.119 e. The van der Waals surface area contributed by atoms with Crippen LogP contribution in [0.1, 0.15) is 0 Å². The maximum absolute atomic E-state index is 9.08. The Morgan fingerprint density at radius 3 is 2.18 bits per heavy atom. The fourth-order valence-electron chi connectivity index (χ4n) is 1.09. The van der Waals surface area contributed by atoms with Crippen LogP contribution in [0.15, 0.2) is 24.3 Å². The summed E-state index contributed by atoms with van der Waals surface area (Å²) in [6.45, 7) is -0.173. The van der Waals surface area contributed by atoms with Crippen molar-refractivity contribution in [3.05, 3.63) is 24.3 Å². The largest absolute Gasteiger partial charge is 0.491 e. The number of hydrogen-bond donors (Lipinski definition) is 2. The predicted molar refractivity (Wildman–Crippen MR) is 74.2 cm³/mol. The minimum atomic E-state index is -0.821. The van der Waals surface area contributed by atoms with Gasteiger partial charge in [0, 0.05) is 19.8 Å². The molecular formula is C12H20BrNO3. The van der Waals surface area contributed by atoms with Crippen molar-refractivity contribution >= 4 is 21.6 Å². The van der Waals surface area contributed by atoms with Crippen LogP contribution >= 0.6 is 15.9 Å². The molecule has 5 heteroatoms. The average Bonchev–Trinajstić information content (AvgIpc) is 2.38. The van der Waals surface area contributed by atoms with Gasteiger partial charge in [-0.2, -0.15) is 0 Å². The normalized spacial score (nSPS) is 11.2. The summed E-state index contributed by atoms with van der Waals surface area (Å²) in [6, 6.07) is 7.53. The minimum absolute atomic E-state index is 0.109. The topological polar surface area (TPSA) is 52.9 Å². The van der Waals surface area contributed by atoms with Crippen molar-refractivity contribution in [2.75, 3.05) is 38.0 Å². The van der Waals surface area contributed by atoms with Gasteiger partial charge in [-0.05, 0) is 30.1 Å². The lowest BCUT2D eigenvalue weighted by Gasteiger charge is -2.14. The van der Waals surface area contributed by atoms with Crippen LogP contribution in [0.3, 0.4) is 0 Å². The van der Waals surface area contributed by atoms with Gasteiger partial charge in [0.05, 0.1) is 6.61 Å². The van der Waals surface area contributed by atoms with E-state index >= 15 is 0 Å². The molecule has 1 atom stereocenters. The highest BCUT2D eigenvalue weighted by atomic mass is 79.9. The number of alkyl halides is 1. The zero-order valence-electron chi connectivity index (χ0n) is 10.4. The Balaban J connectivity index is 0.00000121. The first kappa shape index (κ1) is 16.2. The molecule has 1 rings (SSSR count). The lowest BCUT2D eigenvalue weighted by molar-refractivity contribution is 0.0536. The molecule has 1 unspecified atom stereocenters. The second-order valence-electron chi connectivity index (χ2n) is 3.54. The Morgan fingerprint density at radius 2 is 1.76 bits per heavy atom. The van der Waals surface area contributed by atoms with Crippen LogP contribution in [0, 0.1) is 0 Å². The third-order valence-corrected chi connectivity index (χ3v) is 2.01. The minimum Gasteiger partial charge on any atom is -0.491 e. The molecule has 0 heterocycles. The number of ether oxygens (including phenoxy) is 1. The van der Waals surface area contributed by atoms with Crippen molar-refractivity contribution in [2.45, 2.75) is 6.10 Å². The summed E-state index contributed by atoms with van der Waals surface area (Å²) in [5.74, 6) is 2.50. The summed E-state index contributed by atoms with van der Waals surface area (Å²) in [5, 5.41) is 17.7. The SMILES string of the molecule is CBr.CN(C)c1ccc(OCC(O)CO)cc1.